The van der Waals surface area contributed by atoms with Crippen LogP contribution in [-0.4, -0.2) is 48.3 Å². The zero-order valence-corrected chi connectivity index (χ0v) is 24.4. The van der Waals surface area contributed by atoms with Crippen LogP contribution in [0.3, 0.4) is 0 Å². The van der Waals surface area contributed by atoms with Crippen LogP contribution in [0.2, 0.25) is 0 Å². The van der Waals surface area contributed by atoms with E-state index >= 15 is 0 Å². The van der Waals surface area contributed by atoms with Crippen molar-refractivity contribution in [2.24, 2.45) is 5.92 Å². The fourth-order valence-corrected chi connectivity index (χ4v) is 4.48. The Kier molecular flexibility index (Phi) is 15.4. The van der Waals surface area contributed by atoms with E-state index in [1.807, 2.05) is 44.2 Å². The number of amides is 4. The van der Waals surface area contributed by atoms with Gasteiger partial charge in [0.2, 0.25) is 23.6 Å². The minimum Gasteiger partial charge on any atom is -0.352 e. The van der Waals surface area contributed by atoms with Gasteiger partial charge in [0.15, 0.2) is 0 Å². The number of rotatable bonds is 14. The van der Waals surface area contributed by atoms with Crippen LogP contribution in [0, 0.1) is 5.92 Å². The van der Waals surface area contributed by atoms with Gasteiger partial charge in [0.25, 0.3) is 0 Å². The molecule has 1 aromatic rings. The van der Waals surface area contributed by atoms with E-state index in [0.29, 0.717) is 25.8 Å². The first-order valence-corrected chi connectivity index (χ1v) is 14.9. The molecule has 4 amide bonds. The van der Waals surface area contributed by atoms with Gasteiger partial charge in [-0.25, -0.2) is 0 Å². The molecule has 0 spiro atoms. The predicted molar refractivity (Wildman–Crippen MR) is 159 cm³/mol. The van der Waals surface area contributed by atoms with Crippen molar-refractivity contribution in [2.75, 3.05) is 6.54 Å². The molecule has 1 aromatic carbocycles. The molecule has 0 saturated heterocycles. The number of unbranched alkanes of at least 4 members (excludes halogenated alkanes) is 6. The summed E-state index contributed by atoms with van der Waals surface area (Å²) >= 11 is 0. The third-order valence-electron chi connectivity index (χ3n) is 6.94. The highest BCUT2D eigenvalue weighted by molar-refractivity contribution is 5.93. The molecule has 0 bridgehead atoms. The first-order valence-electron chi connectivity index (χ1n) is 14.9. The second-order valence-corrected chi connectivity index (χ2v) is 10.8. The van der Waals surface area contributed by atoms with Gasteiger partial charge in [-0.2, -0.15) is 0 Å². The molecule has 1 aliphatic heterocycles. The Hall–Kier alpha value is -3.42. The maximum Gasteiger partial charge on any atom is 0.247 e. The molecule has 220 valence electrons. The van der Waals surface area contributed by atoms with Gasteiger partial charge in [0.05, 0.1) is 0 Å². The maximum absolute atomic E-state index is 13.5. The van der Waals surface area contributed by atoms with Gasteiger partial charge >= 0.3 is 0 Å². The Morgan fingerprint density at radius 3 is 2.38 bits per heavy atom. The highest BCUT2D eigenvalue weighted by Gasteiger charge is 2.27. The number of hydrogen-bond donors (Lipinski definition) is 4. The van der Waals surface area contributed by atoms with E-state index in [4.69, 9.17) is 0 Å². The summed E-state index contributed by atoms with van der Waals surface area (Å²) in [6, 6.07) is 7.40. The van der Waals surface area contributed by atoms with Crippen molar-refractivity contribution in [3.8, 4) is 0 Å². The van der Waals surface area contributed by atoms with E-state index in [2.05, 4.69) is 28.2 Å². The highest BCUT2D eigenvalue weighted by atomic mass is 16.2. The fraction of sp³-hybridized carbons (Fsp3) is 0.562. The van der Waals surface area contributed by atoms with Gasteiger partial charge in [0.1, 0.15) is 12.1 Å². The van der Waals surface area contributed by atoms with Crippen molar-refractivity contribution in [1.29, 1.82) is 0 Å². The van der Waals surface area contributed by atoms with Crippen LogP contribution in [-0.2, 0) is 25.6 Å². The van der Waals surface area contributed by atoms with Crippen molar-refractivity contribution in [3.05, 3.63) is 60.2 Å². The van der Waals surface area contributed by atoms with Crippen LogP contribution in [0.15, 0.2) is 54.6 Å². The van der Waals surface area contributed by atoms with Crippen LogP contribution in [0.25, 0.3) is 0 Å². The largest absolute Gasteiger partial charge is 0.352 e. The predicted octanol–water partition coefficient (Wildman–Crippen LogP) is 4.11. The third-order valence-corrected chi connectivity index (χ3v) is 6.94. The SMILES string of the molecule is CCCCCCCCCC(=O)NC(Cc1ccccc1)C(=O)NC1/C=C/CCNC(=O)/C=C/C(C(C)C)NC1=O. The second kappa shape index (κ2) is 18.8. The van der Waals surface area contributed by atoms with Crippen LogP contribution >= 0.6 is 0 Å². The van der Waals surface area contributed by atoms with Gasteiger partial charge in [0, 0.05) is 31.5 Å². The van der Waals surface area contributed by atoms with Gasteiger partial charge in [-0.05, 0) is 24.3 Å². The van der Waals surface area contributed by atoms with Crippen LogP contribution < -0.4 is 21.3 Å². The molecule has 1 heterocycles. The Morgan fingerprint density at radius 1 is 0.975 bits per heavy atom. The first kappa shape index (κ1) is 32.8. The summed E-state index contributed by atoms with van der Waals surface area (Å²) in [7, 11) is 0. The molecule has 40 heavy (non-hydrogen) atoms. The van der Waals surface area contributed by atoms with Crippen molar-refractivity contribution in [1.82, 2.24) is 21.3 Å². The average molecular weight is 553 g/mol. The highest BCUT2D eigenvalue weighted by Crippen LogP contribution is 2.10. The van der Waals surface area contributed by atoms with E-state index in [1.165, 1.54) is 31.8 Å². The molecule has 0 aliphatic carbocycles. The smallest absolute Gasteiger partial charge is 0.247 e. The molecular formula is C32H48N4O4. The van der Waals surface area contributed by atoms with Crippen molar-refractivity contribution in [2.45, 2.75) is 103 Å². The minimum absolute atomic E-state index is 0.0352. The Labute approximate surface area is 239 Å². The normalized spacial score (nSPS) is 20.3. The maximum atomic E-state index is 13.5. The molecule has 8 nitrogen and oxygen atoms in total. The van der Waals surface area contributed by atoms with E-state index in [-0.39, 0.29) is 29.7 Å². The van der Waals surface area contributed by atoms with Crippen molar-refractivity contribution in [3.63, 3.8) is 0 Å². The van der Waals surface area contributed by atoms with Gasteiger partial charge in [-0.1, -0.05) is 108 Å². The lowest BCUT2D eigenvalue weighted by atomic mass is 10.0. The topological polar surface area (TPSA) is 116 Å². The number of benzene rings is 1. The Balaban J connectivity index is 2.09. The standard InChI is InChI=1S/C32H48N4O4/c1-4-5-6-7-8-9-13-19-30(38)34-28(23-25-16-11-10-12-17-25)32(40)36-27-18-14-15-22-33-29(37)21-20-26(24(2)3)35-31(27)39/h10-12,14,16-18,20-21,24,26-28H,4-9,13,15,19,22-23H2,1-3H3,(H,33,37)(H,34,38)(H,35,39)(H,36,40)/b18-14+,21-20+. The summed E-state index contributed by atoms with van der Waals surface area (Å²) in [5.41, 5.74) is 0.915. The van der Waals surface area contributed by atoms with E-state index in [9.17, 15) is 19.2 Å². The summed E-state index contributed by atoms with van der Waals surface area (Å²) in [6.07, 6.45) is 15.5. The van der Waals surface area contributed by atoms with Crippen LogP contribution in [0.5, 0.6) is 0 Å². The van der Waals surface area contributed by atoms with Gasteiger partial charge in [-0.15, -0.1) is 0 Å². The minimum atomic E-state index is -0.921. The monoisotopic (exact) mass is 552 g/mol. The first-order chi connectivity index (χ1) is 19.3. The molecule has 2 rings (SSSR count). The van der Waals surface area contributed by atoms with Crippen LogP contribution in [0.1, 0.15) is 84.1 Å². The quantitative estimate of drug-likeness (QED) is 0.205. The summed E-state index contributed by atoms with van der Waals surface area (Å²) in [5.74, 6) is -1.13. The van der Waals surface area contributed by atoms with E-state index < -0.39 is 18.0 Å². The molecule has 1 aliphatic rings. The van der Waals surface area contributed by atoms with Crippen LogP contribution in [0.4, 0.5) is 0 Å². The molecule has 0 saturated carbocycles. The van der Waals surface area contributed by atoms with Crippen molar-refractivity contribution < 1.29 is 19.2 Å². The number of carbonyl (C=O) groups excluding carboxylic acids is 4. The lowest BCUT2D eigenvalue weighted by Crippen LogP contribution is -2.55. The summed E-state index contributed by atoms with van der Waals surface area (Å²) in [4.78, 5) is 51.5. The number of nitrogens with one attached hydrogen (secondary N) is 4. The molecule has 4 N–H and O–H groups in total. The zero-order valence-electron chi connectivity index (χ0n) is 24.4. The lowest BCUT2D eigenvalue weighted by Gasteiger charge is -2.25. The molecule has 3 atom stereocenters. The third kappa shape index (κ3) is 13.1. The molecular weight excluding hydrogens is 504 g/mol. The Morgan fingerprint density at radius 2 is 1.68 bits per heavy atom. The molecule has 0 fully saturated rings. The van der Waals surface area contributed by atoms with E-state index in [1.54, 1.807) is 18.2 Å². The molecule has 3 unspecified atom stereocenters. The van der Waals surface area contributed by atoms with Gasteiger partial charge < -0.3 is 21.3 Å². The van der Waals surface area contributed by atoms with E-state index in [0.717, 1.165) is 24.8 Å². The molecule has 0 aromatic heterocycles. The average Bonchev–Trinajstić information content (AvgIpc) is 2.93. The fourth-order valence-electron chi connectivity index (χ4n) is 4.48. The summed E-state index contributed by atoms with van der Waals surface area (Å²) < 4.78 is 0. The zero-order chi connectivity index (χ0) is 29.2. The lowest BCUT2D eigenvalue weighted by molar-refractivity contribution is -0.131. The van der Waals surface area contributed by atoms with Crippen molar-refractivity contribution >= 4 is 23.6 Å². The Bertz CT molecular complexity index is 990. The number of hydrogen-bond acceptors (Lipinski definition) is 4. The molecule has 8 heteroatoms. The summed E-state index contributed by atoms with van der Waals surface area (Å²) in [6.45, 7) is 6.50. The number of carbonyl (C=O) groups is 4. The molecule has 0 radical (unpaired) electrons. The second-order valence-electron chi connectivity index (χ2n) is 10.8. The van der Waals surface area contributed by atoms with Gasteiger partial charge in [-0.3, -0.25) is 19.2 Å². The summed E-state index contributed by atoms with van der Waals surface area (Å²) in [5, 5.41) is 11.5.